The largest absolute Gasteiger partial charge is 0.481 e. The first-order valence-corrected chi connectivity index (χ1v) is 4.89. The van der Waals surface area contributed by atoms with E-state index in [1.54, 1.807) is 6.92 Å². The van der Waals surface area contributed by atoms with E-state index in [0.29, 0.717) is 6.54 Å². The van der Waals surface area contributed by atoms with Gasteiger partial charge in [0.2, 0.25) is 0 Å². The number of carbonyl (C=O) groups is 1. The second-order valence-corrected chi connectivity index (χ2v) is 3.73. The Morgan fingerprint density at radius 2 is 2.33 bits per heavy atom. The molecule has 15 heavy (non-hydrogen) atoms. The number of carboxylic acids is 1. The Hall–Kier alpha value is -1.36. The molecule has 5 heteroatoms. The molecular formula is C10H16N2O3. The summed E-state index contributed by atoms with van der Waals surface area (Å²) >= 11 is 0. The van der Waals surface area contributed by atoms with Gasteiger partial charge < -0.3 is 14.9 Å². The van der Waals surface area contributed by atoms with E-state index in [9.17, 15) is 4.79 Å². The molecule has 5 nitrogen and oxygen atoms in total. The number of hydrogen-bond acceptors (Lipinski definition) is 4. The first-order valence-electron chi connectivity index (χ1n) is 4.89. The van der Waals surface area contributed by atoms with Gasteiger partial charge in [0, 0.05) is 18.7 Å². The van der Waals surface area contributed by atoms with Crippen LogP contribution in [0.4, 0.5) is 0 Å². The molecule has 0 amide bonds. The Kier molecular flexibility index (Phi) is 3.85. The van der Waals surface area contributed by atoms with E-state index >= 15 is 0 Å². The van der Waals surface area contributed by atoms with Crippen LogP contribution in [-0.4, -0.2) is 22.3 Å². The molecule has 0 aliphatic carbocycles. The summed E-state index contributed by atoms with van der Waals surface area (Å²) < 4.78 is 4.90. The smallest absolute Gasteiger partial charge is 0.307 e. The summed E-state index contributed by atoms with van der Waals surface area (Å²) in [6, 6.07) is 1.73. The molecule has 2 unspecified atom stereocenters. The summed E-state index contributed by atoms with van der Waals surface area (Å²) in [5, 5.41) is 15.7. The Labute approximate surface area is 88.5 Å². The molecule has 0 aliphatic rings. The number of aliphatic carboxylic acids is 1. The average molecular weight is 212 g/mol. The van der Waals surface area contributed by atoms with Crippen LogP contribution in [0.5, 0.6) is 0 Å². The lowest BCUT2D eigenvalue weighted by molar-refractivity contribution is -0.141. The van der Waals surface area contributed by atoms with Crippen molar-refractivity contribution >= 4 is 5.97 Å². The highest BCUT2D eigenvalue weighted by Crippen LogP contribution is 2.05. The maximum absolute atomic E-state index is 10.7. The minimum Gasteiger partial charge on any atom is -0.481 e. The van der Waals surface area contributed by atoms with Crippen LogP contribution in [0, 0.1) is 12.8 Å². The number of hydrogen-bond donors (Lipinski definition) is 2. The molecule has 0 saturated heterocycles. The topological polar surface area (TPSA) is 75.4 Å². The van der Waals surface area contributed by atoms with Gasteiger partial charge in [-0.1, -0.05) is 12.1 Å². The van der Waals surface area contributed by atoms with Gasteiger partial charge in [0.25, 0.3) is 0 Å². The number of aryl methyl sites for hydroxylation is 1. The number of nitrogens with one attached hydrogen (secondary N) is 1. The van der Waals surface area contributed by atoms with Crippen LogP contribution in [0.15, 0.2) is 10.6 Å². The second-order valence-electron chi connectivity index (χ2n) is 3.73. The molecule has 0 radical (unpaired) electrons. The minimum absolute atomic E-state index is 0.0977. The van der Waals surface area contributed by atoms with Crippen molar-refractivity contribution in [2.75, 3.05) is 0 Å². The predicted octanol–water partition coefficient (Wildman–Crippen LogP) is 1.18. The van der Waals surface area contributed by atoms with Crippen molar-refractivity contribution in [3.05, 3.63) is 17.5 Å². The molecule has 0 aliphatic heterocycles. The SMILES string of the molecule is Cc1cc(CNC(C)C(C)C(=O)O)no1. The van der Waals surface area contributed by atoms with Gasteiger partial charge in [-0.3, -0.25) is 4.79 Å². The molecule has 2 atom stereocenters. The third-order valence-corrected chi connectivity index (χ3v) is 2.42. The number of rotatable bonds is 5. The highest BCUT2D eigenvalue weighted by molar-refractivity contribution is 5.70. The minimum atomic E-state index is -0.800. The fraction of sp³-hybridized carbons (Fsp3) is 0.600. The monoisotopic (exact) mass is 212 g/mol. The fourth-order valence-electron chi connectivity index (χ4n) is 1.16. The lowest BCUT2D eigenvalue weighted by atomic mass is 10.0. The third-order valence-electron chi connectivity index (χ3n) is 2.42. The van der Waals surface area contributed by atoms with E-state index in [0.717, 1.165) is 11.5 Å². The van der Waals surface area contributed by atoms with Crippen LogP contribution in [0.2, 0.25) is 0 Å². The molecule has 0 fully saturated rings. The van der Waals surface area contributed by atoms with Gasteiger partial charge in [-0.15, -0.1) is 0 Å². The summed E-state index contributed by atoms with van der Waals surface area (Å²) in [6.07, 6.45) is 0. The van der Waals surface area contributed by atoms with Crippen molar-refractivity contribution in [3.8, 4) is 0 Å². The zero-order chi connectivity index (χ0) is 11.4. The van der Waals surface area contributed by atoms with Gasteiger partial charge in [0.05, 0.1) is 11.6 Å². The van der Waals surface area contributed by atoms with E-state index in [2.05, 4.69) is 10.5 Å². The van der Waals surface area contributed by atoms with Gasteiger partial charge in [-0.2, -0.15) is 0 Å². The zero-order valence-corrected chi connectivity index (χ0v) is 9.15. The van der Waals surface area contributed by atoms with Crippen LogP contribution >= 0.6 is 0 Å². The van der Waals surface area contributed by atoms with Crippen LogP contribution < -0.4 is 5.32 Å². The third kappa shape index (κ3) is 3.36. The van der Waals surface area contributed by atoms with Crippen LogP contribution in [0.3, 0.4) is 0 Å². The van der Waals surface area contributed by atoms with Crippen molar-refractivity contribution in [1.29, 1.82) is 0 Å². The van der Waals surface area contributed by atoms with Crippen molar-refractivity contribution in [1.82, 2.24) is 10.5 Å². The van der Waals surface area contributed by atoms with Gasteiger partial charge in [0.1, 0.15) is 5.76 Å². The summed E-state index contributed by atoms with van der Waals surface area (Å²) in [6.45, 7) is 5.86. The molecule has 1 heterocycles. The van der Waals surface area contributed by atoms with Gasteiger partial charge in [-0.25, -0.2) is 0 Å². The van der Waals surface area contributed by atoms with Crippen LogP contribution in [0.25, 0.3) is 0 Å². The maximum Gasteiger partial charge on any atom is 0.307 e. The Bertz CT molecular complexity index is 335. The molecule has 1 aromatic heterocycles. The number of carboxylic acid groups (broad SMARTS) is 1. The zero-order valence-electron chi connectivity index (χ0n) is 9.15. The molecule has 2 N–H and O–H groups in total. The van der Waals surface area contributed by atoms with E-state index in [4.69, 9.17) is 9.63 Å². The normalized spacial score (nSPS) is 14.9. The highest BCUT2D eigenvalue weighted by Gasteiger charge is 2.18. The summed E-state index contributed by atoms with van der Waals surface area (Å²) in [5.74, 6) is -0.463. The highest BCUT2D eigenvalue weighted by atomic mass is 16.5. The van der Waals surface area contributed by atoms with Crippen molar-refractivity contribution < 1.29 is 14.4 Å². The number of aromatic nitrogens is 1. The predicted molar refractivity (Wildman–Crippen MR) is 54.3 cm³/mol. The number of nitrogens with zero attached hydrogens (tertiary/aromatic N) is 1. The summed E-state index contributed by atoms with van der Waals surface area (Å²) in [5.41, 5.74) is 0.789. The van der Waals surface area contributed by atoms with Gasteiger partial charge in [-0.05, 0) is 13.8 Å². The fourth-order valence-corrected chi connectivity index (χ4v) is 1.16. The first kappa shape index (κ1) is 11.7. The molecule has 0 bridgehead atoms. The van der Waals surface area contributed by atoms with E-state index in [-0.39, 0.29) is 6.04 Å². The molecule has 0 aromatic carbocycles. The van der Waals surface area contributed by atoms with Gasteiger partial charge in [0.15, 0.2) is 0 Å². The first-order chi connectivity index (χ1) is 7.00. The molecule has 1 rings (SSSR count). The average Bonchev–Trinajstić information content (AvgIpc) is 2.59. The van der Waals surface area contributed by atoms with E-state index in [1.165, 1.54) is 0 Å². The van der Waals surface area contributed by atoms with E-state index in [1.807, 2.05) is 19.9 Å². The molecule has 0 saturated carbocycles. The van der Waals surface area contributed by atoms with E-state index < -0.39 is 11.9 Å². The molecule has 84 valence electrons. The maximum atomic E-state index is 10.7. The quantitative estimate of drug-likeness (QED) is 0.766. The van der Waals surface area contributed by atoms with Crippen LogP contribution in [0.1, 0.15) is 25.3 Å². The standard InChI is InChI=1S/C10H16N2O3/c1-6-4-9(12-15-6)5-11-8(3)7(2)10(13)14/h4,7-8,11H,5H2,1-3H3,(H,13,14). The Morgan fingerprint density at radius 3 is 2.80 bits per heavy atom. The van der Waals surface area contributed by atoms with Gasteiger partial charge >= 0.3 is 5.97 Å². The van der Waals surface area contributed by atoms with Crippen molar-refractivity contribution in [2.24, 2.45) is 5.92 Å². The lowest BCUT2D eigenvalue weighted by Gasteiger charge is -2.16. The Balaban J connectivity index is 2.40. The van der Waals surface area contributed by atoms with Crippen molar-refractivity contribution in [2.45, 2.75) is 33.4 Å². The van der Waals surface area contributed by atoms with Crippen molar-refractivity contribution in [3.63, 3.8) is 0 Å². The summed E-state index contributed by atoms with van der Waals surface area (Å²) in [4.78, 5) is 10.7. The molecular weight excluding hydrogens is 196 g/mol. The molecule has 1 aromatic rings. The second kappa shape index (κ2) is 4.93. The molecule has 0 spiro atoms. The lowest BCUT2D eigenvalue weighted by Crippen LogP contribution is -2.35. The Morgan fingerprint density at radius 1 is 1.67 bits per heavy atom. The summed E-state index contributed by atoms with van der Waals surface area (Å²) in [7, 11) is 0. The van der Waals surface area contributed by atoms with Crippen LogP contribution in [-0.2, 0) is 11.3 Å².